The Kier molecular flexibility index (Phi) is 5.89. The number of amides is 1. The standard InChI is InChI=1S/C19H24BrN3O/c1-5-23(6-2)17-8-7-15(21)11-16(17)19(24)22-18-12(3)9-14(20)10-13(18)4/h7-11H,5-6,21H2,1-4H3,(H,22,24). The average molecular weight is 390 g/mol. The van der Waals surface area contributed by atoms with Crippen molar-refractivity contribution in [3.8, 4) is 0 Å². The molecule has 0 aliphatic carbocycles. The Bertz CT molecular complexity index is 731. The molecular formula is C19H24BrN3O. The third-order valence-electron chi connectivity index (χ3n) is 4.11. The van der Waals surface area contributed by atoms with Crippen LogP contribution >= 0.6 is 15.9 Å². The highest BCUT2D eigenvalue weighted by atomic mass is 79.9. The average Bonchev–Trinajstić information content (AvgIpc) is 2.53. The quantitative estimate of drug-likeness (QED) is 0.725. The molecule has 2 rings (SSSR count). The lowest BCUT2D eigenvalue weighted by Gasteiger charge is -2.24. The van der Waals surface area contributed by atoms with Gasteiger partial charge < -0.3 is 16.0 Å². The van der Waals surface area contributed by atoms with Crippen LogP contribution in [0.2, 0.25) is 0 Å². The molecule has 0 saturated carbocycles. The zero-order chi connectivity index (χ0) is 17.9. The van der Waals surface area contributed by atoms with Gasteiger partial charge in [-0.1, -0.05) is 15.9 Å². The van der Waals surface area contributed by atoms with Crippen molar-refractivity contribution in [1.29, 1.82) is 0 Å². The number of nitrogens with zero attached hydrogens (tertiary/aromatic N) is 1. The highest BCUT2D eigenvalue weighted by Gasteiger charge is 2.17. The van der Waals surface area contributed by atoms with Gasteiger partial charge in [0.25, 0.3) is 5.91 Å². The molecule has 1 amide bonds. The molecule has 0 heterocycles. The molecule has 5 heteroatoms. The number of rotatable bonds is 5. The van der Waals surface area contributed by atoms with Crippen molar-refractivity contribution in [1.82, 2.24) is 0 Å². The molecule has 24 heavy (non-hydrogen) atoms. The van der Waals surface area contributed by atoms with E-state index in [1.807, 2.05) is 38.1 Å². The van der Waals surface area contributed by atoms with Gasteiger partial charge in [-0.05, 0) is 69.2 Å². The van der Waals surface area contributed by atoms with Crippen molar-refractivity contribution in [2.24, 2.45) is 0 Å². The molecular weight excluding hydrogens is 366 g/mol. The second-order valence-electron chi connectivity index (χ2n) is 5.82. The van der Waals surface area contributed by atoms with Crippen molar-refractivity contribution in [3.63, 3.8) is 0 Å². The van der Waals surface area contributed by atoms with Gasteiger partial charge in [0, 0.05) is 34.6 Å². The zero-order valence-corrected chi connectivity index (χ0v) is 16.2. The summed E-state index contributed by atoms with van der Waals surface area (Å²) < 4.78 is 1.00. The maximum Gasteiger partial charge on any atom is 0.257 e. The maximum atomic E-state index is 12.9. The predicted molar refractivity (Wildman–Crippen MR) is 106 cm³/mol. The molecule has 4 nitrogen and oxygen atoms in total. The second kappa shape index (κ2) is 7.71. The van der Waals surface area contributed by atoms with Crippen LogP contribution < -0.4 is 16.0 Å². The lowest BCUT2D eigenvalue weighted by atomic mass is 10.1. The number of anilines is 3. The highest BCUT2D eigenvalue weighted by Crippen LogP contribution is 2.28. The number of nitrogens with two attached hydrogens (primary N) is 1. The summed E-state index contributed by atoms with van der Waals surface area (Å²) in [6, 6.07) is 9.48. The number of halogens is 1. The van der Waals surface area contributed by atoms with Crippen molar-refractivity contribution in [2.45, 2.75) is 27.7 Å². The third-order valence-corrected chi connectivity index (χ3v) is 4.56. The number of hydrogen-bond acceptors (Lipinski definition) is 3. The molecule has 2 aromatic rings. The van der Waals surface area contributed by atoms with Crippen LogP contribution in [0, 0.1) is 13.8 Å². The van der Waals surface area contributed by atoms with Gasteiger partial charge in [-0.25, -0.2) is 0 Å². The number of benzene rings is 2. The minimum absolute atomic E-state index is 0.141. The van der Waals surface area contributed by atoms with Gasteiger partial charge in [0.2, 0.25) is 0 Å². The fraction of sp³-hybridized carbons (Fsp3) is 0.316. The lowest BCUT2D eigenvalue weighted by Crippen LogP contribution is -2.26. The van der Waals surface area contributed by atoms with Gasteiger partial charge in [0.05, 0.1) is 5.56 Å². The van der Waals surface area contributed by atoms with Gasteiger partial charge >= 0.3 is 0 Å². The van der Waals surface area contributed by atoms with Gasteiger partial charge in [0.15, 0.2) is 0 Å². The van der Waals surface area contributed by atoms with Crippen LogP contribution in [-0.4, -0.2) is 19.0 Å². The predicted octanol–water partition coefficient (Wildman–Crippen LogP) is 4.75. The van der Waals surface area contributed by atoms with Crippen molar-refractivity contribution >= 4 is 38.9 Å². The van der Waals surface area contributed by atoms with Crippen LogP contribution in [-0.2, 0) is 0 Å². The number of carbonyl (C=O) groups excluding carboxylic acids is 1. The van der Waals surface area contributed by atoms with E-state index in [2.05, 4.69) is 40.0 Å². The van der Waals surface area contributed by atoms with E-state index in [1.165, 1.54) is 0 Å². The summed E-state index contributed by atoms with van der Waals surface area (Å²) in [6.07, 6.45) is 0. The Morgan fingerprint density at radius 3 is 2.25 bits per heavy atom. The molecule has 2 aromatic carbocycles. The van der Waals surface area contributed by atoms with Crippen LogP contribution in [0.3, 0.4) is 0 Å². The van der Waals surface area contributed by atoms with Crippen LogP contribution in [0.4, 0.5) is 17.1 Å². The fourth-order valence-corrected chi connectivity index (χ4v) is 3.55. The van der Waals surface area contributed by atoms with Gasteiger partial charge in [0.1, 0.15) is 0 Å². The summed E-state index contributed by atoms with van der Waals surface area (Å²) in [5, 5.41) is 3.05. The summed E-state index contributed by atoms with van der Waals surface area (Å²) in [7, 11) is 0. The molecule has 0 saturated heterocycles. The first kappa shape index (κ1) is 18.3. The number of hydrogen-bond donors (Lipinski definition) is 2. The number of nitrogens with one attached hydrogen (secondary N) is 1. The summed E-state index contributed by atoms with van der Waals surface area (Å²) in [6.45, 7) is 9.78. The Morgan fingerprint density at radius 1 is 1.12 bits per heavy atom. The van der Waals surface area contributed by atoms with E-state index in [0.717, 1.165) is 40.1 Å². The molecule has 0 spiro atoms. The molecule has 0 aliphatic heterocycles. The molecule has 0 aromatic heterocycles. The first-order valence-corrected chi connectivity index (χ1v) is 8.89. The van der Waals surface area contributed by atoms with Gasteiger partial charge in [-0.2, -0.15) is 0 Å². The monoisotopic (exact) mass is 389 g/mol. The van der Waals surface area contributed by atoms with E-state index in [0.29, 0.717) is 11.3 Å². The number of aryl methyl sites for hydroxylation is 2. The minimum Gasteiger partial charge on any atom is -0.399 e. The SMILES string of the molecule is CCN(CC)c1ccc(N)cc1C(=O)Nc1c(C)cc(Br)cc1C. The van der Waals surface area contributed by atoms with Crippen LogP contribution in [0.1, 0.15) is 35.3 Å². The van der Waals surface area contributed by atoms with E-state index < -0.39 is 0 Å². The maximum absolute atomic E-state index is 12.9. The van der Waals surface area contributed by atoms with Crippen LogP contribution in [0.15, 0.2) is 34.8 Å². The van der Waals surface area contributed by atoms with Crippen LogP contribution in [0.25, 0.3) is 0 Å². The molecule has 0 unspecified atom stereocenters. The summed E-state index contributed by atoms with van der Waals surface area (Å²) in [4.78, 5) is 15.1. The topological polar surface area (TPSA) is 58.4 Å². The Labute approximate surface area is 152 Å². The van der Waals surface area contributed by atoms with Crippen molar-refractivity contribution in [2.75, 3.05) is 29.0 Å². The fourth-order valence-electron chi connectivity index (χ4n) is 2.86. The largest absolute Gasteiger partial charge is 0.399 e. The summed E-state index contributed by atoms with van der Waals surface area (Å²) in [5.74, 6) is -0.141. The van der Waals surface area contributed by atoms with Crippen LogP contribution in [0.5, 0.6) is 0 Å². The normalized spacial score (nSPS) is 10.5. The zero-order valence-electron chi connectivity index (χ0n) is 14.6. The van der Waals surface area contributed by atoms with Gasteiger partial charge in [-0.3, -0.25) is 4.79 Å². The van der Waals surface area contributed by atoms with E-state index in [9.17, 15) is 4.79 Å². The molecule has 0 bridgehead atoms. The molecule has 0 radical (unpaired) electrons. The first-order valence-electron chi connectivity index (χ1n) is 8.09. The van der Waals surface area contributed by atoms with Gasteiger partial charge in [-0.15, -0.1) is 0 Å². The molecule has 0 fully saturated rings. The van der Waals surface area contributed by atoms with E-state index in [4.69, 9.17) is 5.73 Å². The second-order valence-corrected chi connectivity index (χ2v) is 6.73. The molecule has 3 N–H and O–H groups in total. The molecule has 128 valence electrons. The van der Waals surface area contributed by atoms with E-state index >= 15 is 0 Å². The van der Waals surface area contributed by atoms with E-state index in [1.54, 1.807) is 6.07 Å². The Balaban J connectivity index is 2.42. The summed E-state index contributed by atoms with van der Waals surface area (Å²) in [5.41, 5.74) is 10.9. The van der Waals surface area contributed by atoms with E-state index in [-0.39, 0.29) is 5.91 Å². The number of nitrogen functional groups attached to an aromatic ring is 1. The Hall–Kier alpha value is -2.01. The summed E-state index contributed by atoms with van der Waals surface area (Å²) >= 11 is 3.48. The molecule has 0 aliphatic rings. The van der Waals surface area contributed by atoms with Crippen molar-refractivity contribution in [3.05, 3.63) is 51.5 Å². The first-order chi connectivity index (χ1) is 11.4. The lowest BCUT2D eigenvalue weighted by molar-refractivity contribution is 0.102. The third kappa shape index (κ3) is 3.90. The number of carbonyl (C=O) groups is 1. The molecule has 0 atom stereocenters. The Morgan fingerprint density at radius 2 is 1.71 bits per heavy atom. The highest BCUT2D eigenvalue weighted by molar-refractivity contribution is 9.10. The minimum atomic E-state index is -0.141. The smallest absolute Gasteiger partial charge is 0.257 e. The van der Waals surface area contributed by atoms with Crippen molar-refractivity contribution < 1.29 is 4.79 Å².